The van der Waals surface area contributed by atoms with Gasteiger partial charge in [-0.3, -0.25) is 4.79 Å². The summed E-state index contributed by atoms with van der Waals surface area (Å²) in [6, 6.07) is 5.77. The number of nitrogens with zero attached hydrogens (tertiary/aromatic N) is 1. The van der Waals surface area contributed by atoms with Gasteiger partial charge in [-0.15, -0.1) is 0 Å². The van der Waals surface area contributed by atoms with Crippen LogP contribution in [0, 0.1) is 13.8 Å². The number of nitrogens with one attached hydrogen (secondary N) is 1. The minimum absolute atomic E-state index is 0.0742. The summed E-state index contributed by atoms with van der Waals surface area (Å²) < 4.78 is 11.2. The Morgan fingerprint density at radius 1 is 1.27 bits per heavy atom. The molecule has 140 valence electrons. The van der Waals surface area contributed by atoms with Crippen LogP contribution in [0.25, 0.3) is 0 Å². The molecule has 2 aromatic rings. The summed E-state index contributed by atoms with van der Waals surface area (Å²) in [5, 5.41) is 9.95. The molecule has 1 unspecified atom stereocenters. The van der Waals surface area contributed by atoms with Crippen LogP contribution in [0.5, 0.6) is 11.5 Å². The first-order valence-electron chi connectivity index (χ1n) is 8.97. The molecule has 2 N–H and O–H groups in total. The standard InChI is InChI=1S/C20H26N2O4/c1-5-22(11-15-6-7-16-17(10-15)26-9-8-25-16)20(24)19-12(2)18(14(4)23)13(3)21-19/h6-7,10,14,21,23H,5,8-9,11H2,1-4H3. The van der Waals surface area contributed by atoms with E-state index in [-0.39, 0.29) is 5.91 Å². The number of ether oxygens (including phenoxy) is 2. The van der Waals surface area contributed by atoms with E-state index in [1.807, 2.05) is 39.0 Å². The number of fused-ring (bicyclic) bond motifs is 1. The van der Waals surface area contributed by atoms with E-state index in [4.69, 9.17) is 9.47 Å². The first-order valence-corrected chi connectivity index (χ1v) is 8.97. The number of aromatic amines is 1. The number of amides is 1. The topological polar surface area (TPSA) is 74.8 Å². The Morgan fingerprint density at radius 2 is 1.96 bits per heavy atom. The highest BCUT2D eigenvalue weighted by Gasteiger charge is 2.24. The highest BCUT2D eigenvalue weighted by molar-refractivity contribution is 5.94. The van der Waals surface area contributed by atoms with Crippen molar-refractivity contribution in [1.29, 1.82) is 0 Å². The number of H-pyrrole nitrogens is 1. The predicted molar refractivity (Wildman–Crippen MR) is 98.7 cm³/mol. The van der Waals surface area contributed by atoms with Gasteiger partial charge in [0.15, 0.2) is 11.5 Å². The Labute approximate surface area is 153 Å². The van der Waals surface area contributed by atoms with Gasteiger partial charge in [0.1, 0.15) is 18.9 Å². The monoisotopic (exact) mass is 358 g/mol. The van der Waals surface area contributed by atoms with Crippen molar-refractivity contribution >= 4 is 5.91 Å². The van der Waals surface area contributed by atoms with Gasteiger partial charge < -0.3 is 24.5 Å². The molecule has 6 heteroatoms. The minimum Gasteiger partial charge on any atom is -0.486 e. The quantitative estimate of drug-likeness (QED) is 0.861. The van der Waals surface area contributed by atoms with Gasteiger partial charge in [-0.1, -0.05) is 6.07 Å². The molecule has 3 rings (SSSR count). The maximum absolute atomic E-state index is 13.0. The van der Waals surface area contributed by atoms with Crippen LogP contribution in [-0.4, -0.2) is 40.7 Å². The smallest absolute Gasteiger partial charge is 0.270 e. The van der Waals surface area contributed by atoms with Gasteiger partial charge in [-0.05, 0) is 51.0 Å². The van der Waals surface area contributed by atoms with Gasteiger partial charge in [0.2, 0.25) is 0 Å². The maximum atomic E-state index is 13.0. The molecular weight excluding hydrogens is 332 g/mol. The Balaban J connectivity index is 1.83. The van der Waals surface area contributed by atoms with Crippen molar-refractivity contribution in [2.75, 3.05) is 19.8 Å². The molecule has 0 saturated heterocycles. The van der Waals surface area contributed by atoms with Gasteiger partial charge >= 0.3 is 0 Å². The third-order valence-electron chi connectivity index (χ3n) is 4.78. The Hall–Kier alpha value is -2.47. The number of carbonyl (C=O) groups is 1. The van der Waals surface area contributed by atoms with Crippen molar-refractivity contribution in [1.82, 2.24) is 9.88 Å². The summed E-state index contributed by atoms with van der Waals surface area (Å²) >= 11 is 0. The van der Waals surface area contributed by atoms with E-state index in [2.05, 4.69) is 4.98 Å². The number of aryl methyl sites for hydroxylation is 1. The van der Waals surface area contributed by atoms with Crippen LogP contribution in [0.15, 0.2) is 18.2 Å². The van der Waals surface area contributed by atoms with Crippen molar-refractivity contribution in [3.63, 3.8) is 0 Å². The van der Waals surface area contributed by atoms with Crippen molar-refractivity contribution < 1.29 is 19.4 Å². The van der Waals surface area contributed by atoms with Crippen molar-refractivity contribution in [2.24, 2.45) is 0 Å². The third kappa shape index (κ3) is 3.42. The molecule has 0 radical (unpaired) electrons. The van der Waals surface area contributed by atoms with E-state index in [0.29, 0.717) is 32.0 Å². The molecule has 2 heterocycles. The summed E-state index contributed by atoms with van der Waals surface area (Å²) in [6.45, 7) is 9.57. The SMILES string of the molecule is CCN(Cc1ccc2c(c1)OCCO2)C(=O)c1[nH]c(C)c(C(C)O)c1C. The summed E-state index contributed by atoms with van der Waals surface area (Å²) in [5.74, 6) is 1.39. The van der Waals surface area contributed by atoms with Gasteiger partial charge in [0.25, 0.3) is 5.91 Å². The van der Waals surface area contributed by atoms with Gasteiger partial charge in [0, 0.05) is 24.3 Å². The number of rotatable bonds is 5. The molecule has 1 atom stereocenters. The second-order valence-electron chi connectivity index (χ2n) is 6.64. The van der Waals surface area contributed by atoms with E-state index in [0.717, 1.165) is 33.9 Å². The summed E-state index contributed by atoms with van der Waals surface area (Å²) in [6.07, 6.45) is -0.610. The molecule has 6 nitrogen and oxygen atoms in total. The lowest BCUT2D eigenvalue weighted by Gasteiger charge is -2.23. The van der Waals surface area contributed by atoms with Crippen molar-refractivity contribution in [3.05, 3.63) is 46.3 Å². The molecule has 0 saturated carbocycles. The van der Waals surface area contributed by atoms with E-state index in [1.54, 1.807) is 11.8 Å². The molecule has 1 aromatic heterocycles. The van der Waals surface area contributed by atoms with Crippen LogP contribution < -0.4 is 9.47 Å². The fraction of sp³-hybridized carbons (Fsp3) is 0.450. The largest absolute Gasteiger partial charge is 0.486 e. The molecule has 0 bridgehead atoms. The molecule has 1 amide bonds. The molecule has 1 aliphatic rings. The van der Waals surface area contributed by atoms with Gasteiger partial charge in [0.05, 0.1) is 6.10 Å². The second-order valence-corrected chi connectivity index (χ2v) is 6.64. The van der Waals surface area contributed by atoms with Crippen LogP contribution in [0.4, 0.5) is 0 Å². The van der Waals surface area contributed by atoms with Crippen LogP contribution >= 0.6 is 0 Å². The van der Waals surface area contributed by atoms with Gasteiger partial charge in [-0.25, -0.2) is 0 Å². The maximum Gasteiger partial charge on any atom is 0.270 e. The Morgan fingerprint density at radius 3 is 2.58 bits per heavy atom. The Kier molecular flexibility index (Phi) is 5.23. The molecule has 0 fully saturated rings. The van der Waals surface area contributed by atoms with Gasteiger partial charge in [-0.2, -0.15) is 0 Å². The normalized spacial score (nSPS) is 14.2. The van der Waals surface area contributed by atoms with Crippen LogP contribution in [0.1, 0.15) is 52.8 Å². The second kappa shape index (κ2) is 7.41. The summed E-state index contributed by atoms with van der Waals surface area (Å²) in [4.78, 5) is 18.0. The van der Waals surface area contributed by atoms with Crippen LogP contribution in [-0.2, 0) is 6.54 Å². The average molecular weight is 358 g/mol. The summed E-state index contributed by atoms with van der Waals surface area (Å²) in [5.41, 5.74) is 3.96. The zero-order valence-electron chi connectivity index (χ0n) is 15.8. The highest BCUT2D eigenvalue weighted by atomic mass is 16.6. The number of carbonyl (C=O) groups excluding carboxylic acids is 1. The first kappa shape index (κ1) is 18.3. The highest BCUT2D eigenvalue weighted by Crippen LogP contribution is 2.31. The number of hydrogen-bond acceptors (Lipinski definition) is 4. The number of aromatic nitrogens is 1. The zero-order valence-corrected chi connectivity index (χ0v) is 15.8. The number of aliphatic hydroxyl groups is 1. The van der Waals surface area contributed by atoms with E-state index >= 15 is 0 Å². The van der Waals surface area contributed by atoms with E-state index < -0.39 is 6.10 Å². The molecule has 0 aliphatic carbocycles. The minimum atomic E-state index is -0.610. The third-order valence-corrected chi connectivity index (χ3v) is 4.78. The molecular formula is C20H26N2O4. The average Bonchev–Trinajstić information content (AvgIpc) is 2.93. The molecule has 1 aliphatic heterocycles. The first-order chi connectivity index (χ1) is 12.4. The van der Waals surface area contributed by atoms with Crippen molar-refractivity contribution in [3.8, 4) is 11.5 Å². The van der Waals surface area contributed by atoms with Crippen LogP contribution in [0.3, 0.4) is 0 Å². The lowest BCUT2D eigenvalue weighted by atomic mass is 10.1. The Bertz CT molecular complexity index is 810. The number of aliphatic hydroxyl groups excluding tert-OH is 1. The molecule has 26 heavy (non-hydrogen) atoms. The fourth-order valence-corrected chi connectivity index (χ4v) is 3.50. The molecule has 1 aromatic carbocycles. The van der Waals surface area contributed by atoms with Crippen LogP contribution in [0.2, 0.25) is 0 Å². The van der Waals surface area contributed by atoms with E-state index in [9.17, 15) is 9.90 Å². The lowest BCUT2D eigenvalue weighted by Crippen LogP contribution is -2.31. The zero-order chi connectivity index (χ0) is 18.8. The van der Waals surface area contributed by atoms with Crippen molar-refractivity contribution in [2.45, 2.75) is 40.3 Å². The summed E-state index contributed by atoms with van der Waals surface area (Å²) in [7, 11) is 0. The predicted octanol–water partition coefficient (Wildman–Crippen LogP) is 3.12. The fourth-order valence-electron chi connectivity index (χ4n) is 3.50. The van der Waals surface area contributed by atoms with E-state index in [1.165, 1.54) is 0 Å². The number of hydrogen-bond donors (Lipinski definition) is 2. The lowest BCUT2D eigenvalue weighted by molar-refractivity contribution is 0.0746. The molecule has 0 spiro atoms. The number of benzene rings is 1.